The fraction of sp³-hybridized carbons (Fsp3) is 1.00. The Morgan fingerprint density at radius 1 is 1.12 bits per heavy atom. The second-order valence-electron chi connectivity index (χ2n) is 5.04. The first-order chi connectivity index (χ1) is 7.76. The van der Waals surface area contributed by atoms with Gasteiger partial charge in [-0.1, -0.05) is 6.92 Å². The molecule has 0 aromatic heterocycles. The van der Waals surface area contributed by atoms with E-state index < -0.39 is 0 Å². The number of methoxy groups -OCH3 is 2. The van der Waals surface area contributed by atoms with Crippen LogP contribution in [0.1, 0.15) is 13.3 Å². The standard InChI is InChI=1S/C12H24N2O2/c1-9-4-5-13-6-10(9)14-7-11(15-2)12(8-14)16-3/h9-13H,4-8H2,1-3H3. The minimum absolute atomic E-state index is 0.235. The first-order valence-corrected chi connectivity index (χ1v) is 6.26. The fourth-order valence-corrected chi connectivity index (χ4v) is 2.96. The van der Waals surface area contributed by atoms with Crippen LogP contribution in [0.25, 0.3) is 0 Å². The number of hydrogen-bond acceptors (Lipinski definition) is 4. The van der Waals surface area contributed by atoms with Crippen molar-refractivity contribution in [1.82, 2.24) is 10.2 Å². The molecule has 4 nitrogen and oxygen atoms in total. The van der Waals surface area contributed by atoms with E-state index in [-0.39, 0.29) is 12.2 Å². The molecule has 4 atom stereocenters. The number of hydrogen-bond donors (Lipinski definition) is 1. The van der Waals surface area contributed by atoms with Crippen LogP contribution >= 0.6 is 0 Å². The van der Waals surface area contributed by atoms with Crippen molar-refractivity contribution in [3.05, 3.63) is 0 Å². The topological polar surface area (TPSA) is 33.7 Å². The highest BCUT2D eigenvalue weighted by Gasteiger charge is 2.38. The van der Waals surface area contributed by atoms with Gasteiger partial charge in [-0.3, -0.25) is 4.90 Å². The van der Waals surface area contributed by atoms with Gasteiger partial charge in [0.05, 0.1) is 12.2 Å². The molecule has 0 saturated carbocycles. The smallest absolute Gasteiger partial charge is 0.0971 e. The molecule has 16 heavy (non-hydrogen) atoms. The van der Waals surface area contributed by atoms with Crippen molar-refractivity contribution >= 4 is 0 Å². The summed E-state index contributed by atoms with van der Waals surface area (Å²) in [6, 6.07) is 0.645. The predicted molar refractivity (Wildman–Crippen MR) is 63.6 cm³/mol. The number of piperidine rings is 1. The van der Waals surface area contributed by atoms with Crippen molar-refractivity contribution < 1.29 is 9.47 Å². The van der Waals surface area contributed by atoms with Crippen molar-refractivity contribution in [1.29, 1.82) is 0 Å². The van der Waals surface area contributed by atoms with E-state index in [0.717, 1.165) is 32.1 Å². The molecule has 2 saturated heterocycles. The Morgan fingerprint density at radius 2 is 1.75 bits per heavy atom. The normalized spacial score (nSPS) is 41.4. The molecule has 0 radical (unpaired) electrons. The van der Waals surface area contributed by atoms with Crippen LogP contribution in [0.3, 0.4) is 0 Å². The zero-order valence-corrected chi connectivity index (χ0v) is 10.6. The van der Waals surface area contributed by atoms with Gasteiger partial charge >= 0.3 is 0 Å². The third-order valence-electron chi connectivity index (χ3n) is 4.10. The largest absolute Gasteiger partial charge is 0.377 e. The van der Waals surface area contributed by atoms with E-state index >= 15 is 0 Å². The number of ether oxygens (including phenoxy) is 2. The molecule has 0 spiro atoms. The second kappa shape index (κ2) is 5.45. The van der Waals surface area contributed by atoms with Gasteiger partial charge in [-0.25, -0.2) is 0 Å². The summed E-state index contributed by atoms with van der Waals surface area (Å²) in [5.41, 5.74) is 0. The van der Waals surface area contributed by atoms with Crippen molar-refractivity contribution in [3.63, 3.8) is 0 Å². The summed E-state index contributed by atoms with van der Waals surface area (Å²) in [5.74, 6) is 0.773. The summed E-state index contributed by atoms with van der Waals surface area (Å²) < 4.78 is 11.0. The van der Waals surface area contributed by atoms with Gasteiger partial charge in [0.1, 0.15) is 0 Å². The van der Waals surface area contributed by atoms with Gasteiger partial charge < -0.3 is 14.8 Å². The molecule has 2 heterocycles. The van der Waals surface area contributed by atoms with Crippen LogP contribution in [-0.4, -0.2) is 63.5 Å². The van der Waals surface area contributed by atoms with Crippen molar-refractivity contribution in [2.75, 3.05) is 40.4 Å². The summed E-state index contributed by atoms with van der Waals surface area (Å²) in [4.78, 5) is 2.53. The van der Waals surface area contributed by atoms with Gasteiger partial charge in [0.15, 0.2) is 0 Å². The molecule has 94 valence electrons. The van der Waals surface area contributed by atoms with Gasteiger partial charge in [-0.2, -0.15) is 0 Å². The second-order valence-corrected chi connectivity index (χ2v) is 5.04. The van der Waals surface area contributed by atoms with Crippen LogP contribution in [0.2, 0.25) is 0 Å². The van der Waals surface area contributed by atoms with Crippen molar-refractivity contribution in [2.45, 2.75) is 31.6 Å². The Hall–Kier alpha value is -0.160. The predicted octanol–water partition coefficient (Wildman–Crippen LogP) is 0.330. The van der Waals surface area contributed by atoms with Gasteiger partial charge in [-0.15, -0.1) is 0 Å². The van der Waals surface area contributed by atoms with E-state index in [2.05, 4.69) is 17.1 Å². The Labute approximate surface area is 98.3 Å². The molecule has 4 heteroatoms. The number of nitrogens with one attached hydrogen (secondary N) is 1. The molecule has 1 N–H and O–H groups in total. The highest BCUT2D eigenvalue weighted by molar-refractivity contribution is 4.93. The fourth-order valence-electron chi connectivity index (χ4n) is 2.96. The van der Waals surface area contributed by atoms with Gasteiger partial charge in [0.25, 0.3) is 0 Å². The first-order valence-electron chi connectivity index (χ1n) is 6.26. The van der Waals surface area contributed by atoms with Crippen LogP contribution in [0, 0.1) is 5.92 Å². The van der Waals surface area contributed by atoms with E-state index in [4.69, 9.17) is 9.47 Å². The summed E-state index contributed by atoms with van der Waals surface area (Å²) in [6.45, 7) is 6.63. The lowest BCUT2D eigenvalue weighted by atomic mass is 9.94. The zero-order chi connectivity index (χ0) is 11.5. The van der Waals surface area contributed by atoms with Crippen molar-refractivity contribution in [2.24, 2.45) is 5.92 Å². The maximum absolute atomic E-state index is 5.48. The summed E-state index contributed by atoms with van der Waals surface area (Å²) >= 11 is 0. The third-order valence-corrected chi connectivity index (χ3v) is 4.10. The molecule has 0 aromatic carbocycles. The molecule has 0 aromatic rings. The van der Waals surface area contributed by atoms with Crippen molar-refractivity contribution in [3.8, 4) is 0 Å². The molecule has 0 amide bonds. The Kier molecular flexibility index (Phi) is 4.19. The van der Waals surface area contributed by atoms with E-state index in [0.29, 0.717) is 6.04 Å². The van der Waals surface area contributed by atoms with Gasteiger partial charge in [0.2, 0.25) is 0 Å². The maximum Gasteiger partial charge on any atom is 0.0971 e. The van der Waals surface area contributed by atoms with E-state index in [1.54, 1.807) is 14.2 Å². The molecule has 2 fully saturated rings. The van der Waals surface area contributed by atoms with Gasteiger partial charge in [0, 0.05) is 39.9 Å². The molecule has 2 aliphatic rings. The molecular weight excluding hydrogens is 204 g/mol. The number of nitrogens with zero attached hydrogens (tertiary/aromatic N) is 1. The summed E-state index contributed by atoms with van der Waals surface area (Å²) in [5, 5.41) is 3.48. The van der Waals surface area contributed by atoms with Gasteiger partial charge in [-0.05, 0) is 18.9 Å². The average Bonchev–Trinajstić information content (AvgIpc) is 2.72. The van der Waals surface area contributed by atoms with Crippen LogP contribution in [0.4, 0.5) is 0 Å². The quantitative estimate of drug-likeness (QED) is 0.755. The number of likely N-dealkylation sites (tertiary alicyclic amines) is 1. The first kappa shape index (κ1) is 12.3. The Bertz CT molecular complexity index is 213. The minimum Gasteiger partial charge on any atom is -0.377 e. The Balaban J connectivity index is 1.95. The molecule has 2 rings (SSSR count). The van der Waals surface area contributed by atoms with Crippen LogP contribution < -0.4 is 5.32 Å². The molecule has 0 bridgehead atoms. The Morgan fingerprint density at radius 3 is 2.25 bits per heavy atom. The molecule has 4 unspecified atom stereocenters. The molecule has 0 aliphatic carbocycles. The SMILES string of the molecule is COC1CN(C2CNCCC2C)CC1OC. The van der Waals surface area contributed by atoms with E-state index in [9.17, 15) is 0 Å². The van der Waals surface area contributed by atoms with E-state index in [1.807, 2.05) is 0 Å². The lowest BCUT2D eigenvalue weighted by molar-refractivity contribution is -0.00461. The number of rotatable bonds is 3. The van der Waals surface area contributed by atoms with Crippen LogP contribution in [0.15, 0.2) is 0 Å². The summed E-state index contributed by atoms with van der Waals surface area (Å²) in [6.07, 6.45) is 1.74. The molecular formula is C12H24N2O2. The lowest BCUT2D eigenvalue weighted by Gasteiger charge is -2.36. The highest BCUT2D eigenvalue weighted by atomic mass is 16.5. The summed E-state index contributed by atoms with van der Waals surface area (Å²) in [7, 11) is 3.56. The highest BCUT2D eigenvalue weighted by Crippen LogP contribution is 2.24. The average molecular weight is 228 g/mol. The maximum atomic E-state index is 5.48. The monoisotopic (exact) mass is 228 g/mol. The lowest BCUT2D eigenvalue weighted by Crippen LogP contribution is -2.50. The van der Waals surface area contributed by atoms with Crippen LogP contribution in [0.5, 0.6) is 0 Å². The molecule has 2 aliphatic heterocycles. The van der Waals surface area contributed by atoms with Crippen LogP contribution in [-0.2, 0) is 9.47 Å². The third kappa shape index (κ3) is 2.40. The van der Waals surface area contributed by atoms with E-state index in [1.165, 1.54) is 6.42 Å². The minimum atomic E-state index is 0.235. The zero-order valence-electron chi connectivity index (χ0n) is 10.6.